The Morgan fingerprint density at radius 3 is 2.65 bits per heavy atom. The minimum Gasteiger partial charge on any atom is -0.353 e. The van der Waals surface area contributed by atoms with Gasteiger partial charge in [-0.2, -0.15) is 4.37 Å². The first-order valence-electron chi connectivity index (χ1n) is 11.1. The molecule has 1 saturated heterocycles. The normalized spacial score (nSPS) is 19.1. The highest BCUT2D eigenvalue weighted by Gasteiger charge is 2.37. The molecule has 0 radical (unpaired) electrons. The number of nitrogens with zero attached hydrogens (tertiary/aromatic N) is 4. The number of carbonyl (C=O) groups excluding carboxylic acids is 1. The van der Waals surface area contributed by atoms with Crippen LogP contribution in [0.3, 0.4) is 0 Å². The maximum absolute atomic E-state index is 12.5. The van der Waals surface area contributed by atoms with Gasteiger partial charge in [-0.3, -0.25) is 9.69 Å². The monoisotopic (exact) mass is 434 g/mol. The second-order valence-corrected chi connectivity index (χ2v) is 10.3. The number of aromatic nitrogens is 1. The Bertz CT molecular complexity index is 1110. The summed E-state index contributed by atoms with van der Waals surface area (Å²) in [5.74, 6) is 1.36. The van der Waals surface area contributed by atoms with E-state index in [9.17, 15) is 4.79 Å². The fourth-order valence-electron chi connectivity index (χ4n) is 4.95. The van der Waals surface area contributed by atoms with Crippen molar-refractivity contribution in [3.8, 4) is 0 Å². The molecule has 1 aromatic heterocycles. The van der Waals surface area contributed by atoms with Crippen molar-refractivity contribution in [3.05, 3.63) is 53.6 Å². The van der Waals surface area contributed by atoms with Crippen LogP contribution in [0.2, 0.25) is 0 Å². The Balaban J connectivity index is 1.20. The Morgan fingerprint density at radius 1 is 1.06 bits per heavy atom. The first kappa shape index (κ1) is 20.5. The van der Waals surface area contributed by atoms with Gasteiger partial charge in [-0.25, -0.2) is 0 Å². The van der Waals surface area contributed by atoms with Crippen molar-refractivity contribution in [3.63, 3.8) is 0 Å². The summed E-state index contributed by atoms with van der Waals surface area (Å²) < 4.78 is 5.99. The van der Waals surface area contributed by atoms with E-state index < -0.39 is 0 Å². The summed E-state index contributed by atoms with van der Waals surface area (Å²) in [5, 5.41) is 1.28. The number of anilines is 2. The number of fused-ring (bicyclic) bond motifs is 2. The molecule has 0 atom stereocenters. The van der Waals surface area contributed by atoms with Crippen LogP contribution in [0.25, 0.3) is 10.1 Å². The van der Waals surface area contributed by atoms with Gasteiger partial charge in [-0.15, -0.1) is 0 Å². The van der Waals surface area contributed by atoms with E-state index in [1.54, 1.807) is 11.5 Å². The molecule has 2 aliphatic heterocycles. The molecule has 0 unspecified atom stereocenters. The summed E-state index contributed by atoms with van der Waals surface area (Å²) in [6, 6.07) is 15.2. The second-order valence-electron chi connectivity index (χ2n) is 9.47. The van der Waals surface area contributed by atoms with Gasteiger partial charge in [0, 0.05) is 56.3 Å². The van der Waals surface area contributed by atoms with E-state index in [4.69, 9.17) is 4.37 Å². The fourth-order valence-corrected chi connectivity index (χ4v) is 5.75. The van der Waals surface area contributed by atoms with Crippen molar-refractivity contribution in [2.24, 2.45) is 5.41 Å². The Kier molecular flexibility index (Phi) is 5.22. The standard InChI is InChI=1S/C25H30N4OS/c1-25(2)17-19-16-18(8-9-21(19)27(3)24(25)30)10-11-28-12-14-29(15-13-28)23-20-6-4-5-7-22(20)31-26-23/h4-9,16H,10-15,17H2,1-3H3. The predicted molar refractivity (Wildman–Crippen MR) is 129 cm³/mol. The highest BCUT2D eigenvalue weighted by atomic mass is 32.1. The minimum absolute atomic E-state index is 0.207. The smallest absolute Gasteiger partial charge is 0.232 e. The largest absolute Gasteiger partial charge is 0.353 e. The van der Waals surface area contributed by atoms with Crippen LogP contribution >= 0.6 is 11.5 Å². The molecule has 0 bridgehead atoms. The molecule has 6 heteroatoms. The van der Waals surface area contributed by atoms with Crippen molar-refractivity contribution in [1.29, 1.82) is 0 Å². The SMILES string of the molecule is CN1C(=O)C(C)(C)Cc2cc(CCN3CCN(c4nsc5ccccc45)CC3)ccc21. The molecule has 0 aliphatic carbocycles. The number of hydrogen-bond acceptors (Lipinski definition) is 5. The van der Waals surface area contributed by atoms with E-state index in [0.29, 0.717) is 0 Å². The van der Waals surface area contributed by atoms with Crippen molar-refractivity contribution >= 4 is 39.0 Å². The average molecular weight is 435 g/mol. The number of amides is 1. The lowest BCUT2D eigenvalue weighted by molar-refractivity contribution is -0.126. The van der Waals surface area contributed by atoms with Crippen LogP contribution in [-0.2, 0) is 17.6 Å². The van der Waals surface area contributed by atoms with E-state index in [-0.39, 0.29) is 11.3 Å². The summed E-state index contributed by atoms with van der Waals surface area (Å²) >= 11 is 1.60. The first-order chi connectivity index (χ1) is 14.9. The third-order valence-electron chi connectivity index (χ3n) is 6.77. The zero-order valence-electron chi connectivity index (χ0n) is 18.6. The van der Waals surface area contributed by atoms with Gasteiger partial charge in [-0.1, -0.05) is 38.1 Å². The van der Waals surface area contributed by atoms with Gasteiger partial charge in [0.25, 0.3) is 0 Å². The maximum Gasteiger partial charge on any atom is 0.232 e. The zero-order chi connectivity index (χ0) is 21.6. The molecule has 31 heavy (non-hydrogen) atoms. The van der Waals surface area contributed by atoms with Crippen LogP contribution in [-0.4, -0.2) is 55.0 Å². The van der Waals surface area contributed by atoms with Crippen LogP contribution in [0, 0.1) is 5.41 Å². The molecule has 3 aromatic rings. The molecular formula is C25H30N4OS. The third kappa shape index (κ3) is 3.83. The van der Waals surface area contributed by atoms with E-state index in [0.717, 1.165) is 57.1 Å². The molecule has 1 fully saturated rings. The fraction of sp³-hybridized carbons (Fsp3) is 0.440. The Labute approximate surface area is 188 Å². The van der Waals surface area contributed by atoms with Crippen LogP contribution < -0.4 is 9.80 Å². The number of benzene rings is 2. The quantitative estimate of drug-likeness (QED) is 0.617. The molecule has 162 valence electrons. The summed E-state index contributed by atoms with van der Waals surface area (Å²) in [7, 11) is 1.90. The number of piperazine rings is 1. The zero-order valence-corrected chi connectivity index (χ0v) is 19.4. The number of rotatable bonds is 4. The highest BCUT2D eigenvalue weighted by molar-refractivity contribution is 7.13. The van der Waals surface area contributed by atoms with Gasteiger partial charge in [-0.05, 0) is 53.7 Å². The molecule has 0 N–H and O–H groups in total. The van der Waals surface area contributed by atoms with Crippen molar-refractivity contribution in [2.45, 2.75) is 26.7 Å². The molecule has 1 amide bonds. The molecule has 2 aliphatic rings. The molecule has 5 nitrogen and oxygen atoms in total. The topological polar surface area (TPSA) is 39.7 Å². The van der Waals surface area contributed by atoms with Crippen LogP contribution in [0.15, 0.2) is 42.5 Å². The molecular weight excluding hydrogens is 404 g/mol. The molecule has 0 spiro atoms. The molecule has 0 saturated carbocycles. The molecule has 2 aromatic carbocycles. The van der Waals surface area contributed by atoms with Crippen LogP contribution in [0.5, 0.6) is 0 Å². The van der Waals surface area contributed by atoms with E-state index >= 15 is 0 Å². The Hall–Kier alpha value is -2.44. The van der Waals surface area contributed by atoms with Gasteiger partial charge in [0.05, 0.1) is 4.70 Å². The molecule has 5 rings (SSSR count). The summed E-state index contributed by atoms with van der Waals surface area (Å²) in [4.78, 5) is 19.3. The van der Waals surface area contributed by atoms with Gasteiger partial charge < -0.3 is 9.80 Å². The lowest BCUT2D eigenvalue weighted by atomic mass is 9.80. The van der Waals surface area contributed by atoms with Gasteiger partial charge in [0.1, 0.15) is 5.82 Å². The first-order valence-corrected chi connectivity index (χ1v) is 11.9. The summed E-state index contributed by atoms with van der Waals surface area (Å²) in [5.41, 5.74) is 3.41. The van der Waals surface area contributed by atoms with Gasteiger partial charge >= 0.3 is 0 Å². The lowest BCUT2D eigenvalue weighted by Crippen LogP contribution is -2.47. The van der Waals surface area contributed by atoms with Gasteiger partial charge in [0.2, 0.25) is 5.91 Å². The van der Waals surface area contributed by atoms with Crippen LogP contribution in [0.1, 0.15) is 25.0 Å². The van der Waals surface area contributed by atoms with Crippen molar-refractivity contribution in [1.82, 2.24) is 9.27 Å². The predicted octanol–water partition coefficient (Wildman–Crippen LogP) is 4.21. The highest BCUT2D eigenvalue weighted by Crippen LogP contribution is 2.37. The van der Waals surface area contributed by atoms with E-state index in [2.05, 4.69) is 52.3 Å². The minimum atomic E-state index is -0.323. The van der Waals surface area contributed by atoms with Crippen LogP contribution in [0.4, 0.5) is 11.5 Å². The van der Waals surface area contributed by atoms with Crippen molar-refractivity contribution in [2.75, 3.05) is 49.6 Å². The maximum atomic E-state index is 12.5. The second kappa shape index (κ2) is 7.92. The average Bonchev–Trinajstić information content (AvgIpc) is 3.20. The number of hydrogen-bond donors (Lipinski definition) is 0. The van der Waals surface area contributed by atoms with E-state index in [1.807, 2.05) is 25.8 Å². The lowest BCUT2D eigenvalue weighted by Gasteiger charge is -2.37. The molecule has 3 heterocycles. The summed E-state index contributed by atoms with van der Waals surface area (Å²) in [6.45, 7) is 9.36. The van der Waals surface area contributed by atoms with E-state index in [1.165, 1.54) is 21.2 Å². The third-order valence-corrected chi connectivity index (χ3v) is 7.59. The summed E-state index contributed by atoms with van der Waals surface area (Å²) in [6.07, 6.45) is 1.87. The Morgan fingerprint density at radius 2 is 1.84 bits per heavy atom. The number of carbonyl (C=O) groups is 1. The van der Waals surface area contributed by atoms with Gasteiger partial charge in [0.15, 0.2) is 0 Å². The van der Waals surface area contributed by atoms with Crippen molar-refractivity contribution < 1.29 is 4.79 Å².